The van der Waals surface area contributed by atoms with Crippen LogP contribution in [0, 0.1) is 0 Å². The Morgan fingerprint density at radius 3 is 2.78 bits per heavy atom. The van der Waals surface area contributed by atoms with Crippen LogP contribution in [0.1, 0.15) is 29.4 Å². The lowest BCUT2D eigenvalue weighted by atomic mass is 10.0. The van der Waals surface area contributed by atoms with Gasteiger partial charge in [-0.05, 0) is 19.4 Å². The third-order valence-corrected chi connectivity index (χ3v) is 4.63. The largest absolute Gasteiger partial charge is 0.477 e. The molecule has 0 saturated carbocycles. The van der Waals surface area contributed by atoms with E-state index in [9.17, 15) is 4.79 Å². The highest BCUT2D eigenvalue weighted by molar-refractivity contribution is 7.17. The molecule has 5 nitrogen and oxygen atoms in total. The molecule has 1 aromatic heterocycles. The van der Waals surface area contributed by atoms with Crippen LogP contribution in [0.15, 0.2) is 6.20 Å². The molecule has 100 valence electrons. The average Bonchev–Trinajstić information content (AvgIpc) is 2.88. The molecule has 2 rings (SSSR count). The van der Waals surface area contributed by atoms with Crippen molar-refractivity contribution < 1.29 is 9.90 Å². The number of carboxylic acids is 1. The Bertz CT molecular complexity index is 413. The summed E-state index contributed by atoms with van der Waals surface area (Å²) in [7, 11) is 2.01. The molecule has 0 aromatic carbocycles. The Kier molecular flexibility index (Phi) is 4.19. The number of carboxylic acid groups (broad SMARTS) is 1. The summed E-state index contributed by atoms with van der Waals surface area (Å²) < 4.78 is 0. The molecule has 1 saturated heterocycles. The van der Waals surface area contributed by atoms with Crippen LogP contribution in [0.2, 0.25) is 0 Å². The number of hydrogen-bond acceptors (Lipinski definition) is 5. The minimum atomic E-state index is -0.895. The lowest BCUT2D eigenvalue weighted by molar-refractivity contribution is 0.0702. The normalized spacial score (nSPS) is 17.9. The molecular formula is C12H19N3O2S. The van der Waals surface area contributed by atoms with Gasteiger partial charge in [-0.15, -0.1) is 0 Å². The predicted molar refractivity (Wildman–Crippen MR) is 72.6 cm³/mol. The van der Waals surface area contributed by atoms with Gasteiger partial charge in [0.25, 0.3) is 0 Å². The summed E-state index contributed by atoms with van der Waals surface area (Å²) in [5.41, 5.74) is 0. The van der Waals surface area contributed by atoms with E-state index in [0.717, 1.165) is 37.6 Å². The molecule has 1 aliphatic heterocycles. The van der Waals surface area contributed by atoms with Crippen LogP contribution in [-0.2, 0) is 0 Å². The van der Waals surface area contributed by atoms with Gasteiger partial charge in [0, 0.05) is 26.2 Å². The topological polar surface area (TPSA) is 56.7 Å². The number of aromatic carboxylic acids is 1. The van der Waals surface area contributed by atoms with Crippen LogP contribution in [0.4, 0.5) is 5.13 Å². The van der Waals surface area contributed by atoms with Gasteiger partial charge in [0.15, 0.2) is 5.13 Å². The van der Waals surface area contributed by atoms with E-state index in [0.29, 0.717) is 10.9 Å². The quantitative estimate of drug-likeness (QED) is 0.902. The fourth-order valence-electron chi connectivity index (χ4n) is 2.31. The second-order valence-electron chi connectivity index (χ2n) is 4.59. The van der Waals surface area contributed by atoms with Gasteiger partial charge in [0.2, 0.25) is 0 Å². The zero-order valence-electron chi connectivity index (χ0n) is 10.8. The predicted octanol–water partition coefficient (Wildman–Crippen LogP) is 1.76. The molecule has 1 fully saturated rings. The second kappa shape index (κ2) is 5.67. The van der Waals surface area contributed by atoms with Crippen molar-refractivity contribution in [3.63, 3.8) is 0 Å². The van der Waals surface area contributed by atoms with Crippen molar-refractivity contribution in [1.82, 2.24) is 9.88 Å². The SMILES string of the molecule is CCN1CCC(N(C)c2ncc(C(=O)O)s2)CC1. The number of likely N-dealkylation sites (tertiary alicyclic amines) is 1. The molecule has 0 atom stereocenters. The van der Waals surface area contributed by atoms with Crippen LogP contribution < -0.4 is 4.90 Å². The maximum atomic E-state index is 10.8. The summed E-state index contributed by atoms with van der Waals surface area (Å²) in [6.07, 6.45) is 3.68. The smallest absolute Gasteiger partial charge is 0.347 e. The van der Waals surface area contributed by atoms with E-state index in [4.69, 9.17) is 5.11 Å². The minimum absolute atomic E-state index is 0.308. The molecule has 0 spiro atoms. The highest BCUT2D eigenvalue weighted by atomic mass is 32.1. The van der Waals surface area contributed by atoms with Crippen LogP contribution in [-0.4, -0.2) is 53.7 Å². The van der Waals surface area contributed by atoms with Gasteiger partial charge >= 0.3 is 5.97 Å². The fourth-order valence-corrected chi connectivity index (χ4v) is 3.09. The van der Waals surface area contributed by atoms with Gasteiger partial charge in [-0.25, -0.2) is 9.78 Å². The van der Waals surface area contributed by atoms with Crippen molar-refractivity contribution in [2.24, 2.45) is 0 Å². The van der Waals surface area contributed by atoms with E-state index in [1.54, 1.807) is 0 Å². The van der Waals surface area contributed by atoms with E-state index in [1.165, 1.54) is 17.5 Å². The minimum Gasteiger partial charge on any atom is -0.477 e. The summed E-state index contributed by atoms with van der Waals surface area (Å²) in [5, 5.41) is 9.71. The van der Waals surface area contributed by atoms with Gasteiger partial charge in [-0.1, -0.05) is 18.3 Å². The molecule has 0 amide bonds. The summed E-state index contributed by atoms with van der Waals surface area (Å²) in [6, 6.07) is 0.473. The van der Waals surface area contributed by atoms with Crippen molar-refractivity contribution in [3.05, 3.63) is 11.1 Å². The first-order valence-corrected chi connectivity index (χ1v) is 7.07. The molecule has 1 N–H and O–H groups in total. The highest BCUT2D eigenvalue weighted by Gasteiger charge is 2.23. The van der Waals surface area contributed by atoms with Crippen LogP contribution in [0.25, 0.3) is 0 Å². The van der Waals surface area contributed by atoms with E-state index in [2.05, 4.69) is 21.7 Å². The Morgan fingerprint density at radius 1 is 1.61 bits per heavy atom. The number of anilines is 1. The van der Waals surface area contributed by atoms with Crippen molar-refractivity contribution >= 4 is 22.4 Å². The van der Waals surface area contributed by atoms with E-state index >= 15 is 0 Å². The van der Waals surface area contributed by atoms with Gasteiger partial charge in [-0.2, -0.15) is 0 Å². The maximum Gasteiger partial charge on any atom is 0.347 e. The van der Waals surface area contributed by atoms with Crippen LogP contribution >= 0.6 is 11.3 Å². The number of aromatic nitrogens is 1. The van der Waals surface area contributed by atoms with E-state index < -0.39 is 5.97 Å². The van der Waals surface area contributed by atoms with Crippen molar-refractivity contribution in [3.8, 4) is 0 Å². The Labute approximate surface area is 111 Å². The Hall–Kier alpha value is -1.14. The molecule has 6 heteroatoms. The molecule has 0 bridgehead atoms. The van der Waals surface area contributed by atoms with Gasteiger partial charge < -0.3 is 14.9 Å². The lowest BCUT2D eigenvalue weighted by Crippen LogP contribution is -2.43. The summed E-state index contributed by atoms with van der Waals surface area (Å²) in [6.45, 7) is 5.52. The van der Waals surface area contributed by atoms with Crippen LogP contribution in [0.5, 0.6) is 0 Å². The van der Waals surface area contributed by atoms with E-state index in [-0.39, 0.29) is 0 Å². The number of piperidine rings is 1. The zero-order chi connectivity index (χ0) is 13.1. The molecule has 0 radical (unpaired) electrons. The van der Waals surface area contributed by atoms with E-state index in [1.807, 2.05) is 7.05 Å². The average molecular weight is 269 g/mol. The zero-order valence-corrected chi connectivity index (χ0v) is 11.6. The summed E-state index contributed by atoms with van der Waals surface area (Å²) in [4.78, 5) is 19.9. The monoisotopic (exact) mass is 269 g/mol. The number of hydrogen-bond donors (Lipinski definition) is 1. The summed E-state index contributed by atoms with van der Waals surface area (Å²) in [5.74, 6) is -0.895. The third kappa shape index (κ3) is 2.81. The fraction of sp³-hybridized carbons (Fsp3) is 0.667. The summed E-state index contributed by atoms with van der Waals surface area (Å²) >= 11 is 1.25. The lowest BCUT2D eigenvalue weighted by Gasteiger charge is -2.36. The molecule has 1 aliphatic rings. The number of carbonyl (C=O) groups is 1. The molecule has 0 unspecified atom stereocenters. The Balaban J connectivity index is 1.98. The van der Waals surface area contributed by atoms with Gasteiger partial charge in [0.1, 0.15) is 4.88 Å². The molecular weight excluding hydrogens is 250 g/mol. The molecule has 0 aliphatic carbocycles. The first-order valence-electron chi connectivity index (χ1n) is 6.26. The maximum absolute atomic E-state index is 10.8. The third-order valence-electron chi connectivity index (χ3n) is 3.56. The van der Waals surface area contributed by atoms with Crippen molar-refractivity contribution in [2.45, 2.75) is 25.8 Å². The van der Waals surface area contributed by atoms with Crippen molar-refractivity contribution in [2.75, 3.05) is 31.6 Å². The van der Waals surface area contributed by atoms with Crippen molar-refractivity contribution in [1.29, 1.82) is 0 Å². The second-order valence-corrected chi connectivity index (χ2v) is 5.60. The van der Waals surface area contributed by atoms with Gasteiger partial charge in [0.05, 0.1) is 6.20 Å². The first-order chi connectivity index (χ1) is 8.61. The number of rotatable bonds is 4. The first kappa shape index (κ1) is 13.3. The molecule has 1 aromatic rings. The Morgan fingerprint density at radius 2 is 2.28 bits per heavy atom. The standard InChI is InChI=1S/C12H19N3O2S/c1-3-15-6-4-9(5-7-15)14(2)12-13-8-10(18-12)11(16)17/h8-9H,3-7H2,1-2H3,(H,16,17). The molecule has 18 heavy (non-hydrogen) atoms. The number of nitrogens with zero attached hydrogens (tertiary/aromatic N) is 3. The highest BCUT2D eigenvalue weighted by Crippen LogP contribution is 2.26. The number of thiazole rings is 1. The molecule has 2 heterocycles. The van der Waals surface area contributed by atoms with Gasteiger partial charge in [-0.3, -0.25) is 0 Å². The van der Waals surface area contributed by atoms with Crippen LogP contribution in [0.3, 0.4) is 0 Å².